The Morgan fingerprint density at radius 2 is 2.26 bits per heavy atom. The molecule has 0 bridgehead atoms. The van der Waals surface area contributed by atoms with Crippen molar-refractivity contribution in [3.05, 3.63) is 28.2 Å². The summed E-state index contributed by atoms with van der Waals surface area (Å²) in [5, 5.41) is 23.7. The molecule has 6 nitrogen and oxygen atoms in total. The molecule has 7 heteroatoms. The van der Waals surface area contributed by atoms with Crippen LogP contribution in [-0.4, -0.2) is 28.1 Å². The number of hydrogen-bond donors (Lipinski definition) is 4. The maximum Gasteiger partial charge on any atom is 0.252 e. The second kappa shape index (κ2) is 6.98. The molecule has 19 heavy (non-hydrogen) atoms. The van der Waals surface area contributed by atoms with E-state index >= 15 is 0 Å². The van der Waals surface area contributed by atoms with Crippen molar-refractivity contribution < 1.29 is 15.1 Å². The van der Waals surface area contributed by atoms with E-state index in [4.69, 9.17) is 10.9 Å². The lowest BCUT2D eigenvalue weighted by molar-refractivity contribution is 0.0944. The summed E-state index contributed by atoms with van der Waals surface area (Å²) in [5.74, 6) is -0.465. The molecule has 0 aliphatic heterocycles. The van der Waals surface area contributed by atoms with Gasteiger partial charge in [0.15, 0.2) is 5.84 Å². The van der Waals surface area contributed by atoms with Gasteiger partial charge >= 0.3 is 0 Å². The highest BCUT2D eigenvalue weighted by atomic mass is 79.9. The first-order valence-corrected chi connectivity index (χ1v) is 6.55. The highest BCUT2D eigenvalue weighted by molar-refractivity contribution is 9.10. The second-order valence-electron chi connectivity index (χ2n) is 4.01. The number of aromatic hydroxyl groups is 1. The Labute approximate surface area is 119 Å². The molecular formula is C12H16BrN3O3. The second-order valence-corrected chi connectivity index (χ2v) is 4.86. The van der Waals surface area contributed by atoms with E-state index in [1.807, 2.05) is 6.92 Å². The van der Waals surface area contributed by atoms with Crippen LogP contribution in [0.15, 0.2) is 27.8 Å². The lowest BCUT2D eigenvalue weighted by Gasteiger charge is -2.16. The van der Waals surface area contributed by atoms with Gasteiger partial charge in [-0.25, -0.2) is 0 Å². The predicted molar refractivity (Wildman–Crippen MR) is 75.4 cm³/mol. The molecule has 0 radical (unpaired) electrons. The lowest BCUT2D eigenvalue weighted by Crippen LogP contribution is -2.44. The van der Waals surface area contributed by atoms with Crippen molar-refractivity contribution in [2.24, 2.45) is 10.9 Å². The molecule has 1 aromatic carbocycles. The van der Waals surface area contributed by atoms with E-state index in [9.17, 15) is 9.90 Å². The number of halogens is 1. The summed E-state index contributed by atoms with van der Waals surface area (Å²) in [6, 6.07) is 3.94. The van der Waals surface area contributed by atoms with Crippen LogP contribution in [0.25, 0.3) is 0 Å². The number of amides is 1. The Morgan fingerprint density at radius 1 is 1.58 bits per heavy atom. The zero-order valence-electron chi connectivity index (χ0n) is 10.4. The van der Waals surface area contributed by atoms with Gasteiger partial charge in [-0.1, -0.05) is 18.5 Å². The van der Waals surface area contributed by atoms with Crippen molar-refractivity contribution in [3.8, 4) is 5.75 Å². The van der Waals surface area contributed by atoms with Gasteiger partial charge in [0.1, 0.15) is 5.75 Å². The first-order chi connectivity index (χ1) is 8.99. The lowest BCUT2D eigenvalue weighted by atomic mass is 10.1. The third-order valence-corrected chi connectivity index (χ3v) is 3.23. The number of hydrogen-bond acceptors (Lipinski definition) is 4. The molecule has 0 spiro atoms. The number of rotatable bonds is 5. The van der Waals surface area contributed by atoms with Crippen molar-refractivity contribution in [2.75, 3.05) is 0 Å². The quantitative estimate of drug-likeness (QED) is 0.286. The molecule has 5 N–H and O–H groups in total. The third kappa shape index (κ3) is 4.13. The Hall–Kier alpha value is -1.76. The maximum atomic E-state index is 12.0. The summed E-state index contributed by atoms with van der Waals surface area (Å²) < 4.78 is 0.505. The summed E-state index contributed by atoms with van der Waals surface area (Å²) in [6.45, 7) is 1.93. The standard InChI is InChI=1S/C12H16BrN3O3/c1-2-3-9(11(14)16-19)15-12(18)7-4-5-8(13)10(17)6-7/h4-6,9,17,19H,2-3H2,1H3,(H2,14,16)(H,15,18). The number of oxime groups is 1. The molecule has 0 heterocycles. The molecule has 1 rings (SSSR count). The van der Waals surface area contributed by atoms with Crippen LogP contribution in [0.2, 0.25) is 0 Å². The van der Waals surface area contributed by atoms with E-state index in [-0.39, 0.29) is 11.6 Å². The van der Waals surface area contributed by atoms with Gasteiger partial charge in [0, 0.05) is 5.56 Å². The van der Waals surface area contributed by atoms with Gasteiger partial charge in [-0.2, -0.15) is 0 Å². The predicted octanol–water partition coefficient (Wildman–Crippen LogP) is 1.80. The number of nitrogens with one attached hydrogen (secondary N) is 1. The highest BCUT2D eigenvalue weighted by Crippen LogP contribution is 2.24. The van der Waals surface area contributed by atoms with Gasteiger partial charge in [0.05, 0.1) is 10.5 Å². The van der Waals surface area contributed by atoms with Crippen molar-refractivity contribution in [2.45, 2.75) is 25.8 Å². The van der Waals surface area contributed by atoms with E-state index in [0.29, 0.717) is 16.5 Å². The molecule has 1 atom stereocenters. The van der Waals surface area contributed by atoms with Gasteiger partial charge < -0.3 is 21.4 Å². The Morgan fingerprint density at radius 3 is 2.79 bits per heavy atom. The molecule has 0 aromatic heterocycles. The normalized spacial score (nSPS) is 13.1. The van der Waals surface area contributed by atoms with Crippen molar-refractivity contribution in [3.63, 3.8) is 0 Å². The number of benzene rings is 1. The van der Waals surface area contributed by atoms with E-state index < -0.39 is 11.9 Å². The first-order valence-electron chi connectivity index (χ1n) is 5.76. The van der Waals surface area contributed by atoms with E-state index in [2.05, 4.69) is 26.4 Å². The minimum Gasteiger partial charge on any atom is -0.507 e. The fraction of sp³-hybridized carbons (Fsp3) is 0.333. The first kappa shape index (κ1) is 15.3. The molecule has 1 amide bonds. The fourth-order valence-electron chi connectivity index (χ4n) is 1.55. The number of phenols is 1. The van der Waals surface area contributed by atoms with Crippen LogP contribution < -0.4 is 11.1 Å². The molecule has 1 aromatic rings. The van der Waals surface area contributed by atoms with Gasteiger partial charge in [0.25, 0.3) is 5.91 Å². The van der Waals surface area contributed by atoms with E-state index in [1.165, 1.54) is 6.07 Å². The summed E-state index contributed by atoms with van der Waals surface area (Å²) in [5.41, 5.74) is 5.81. The highest BCUT2D eigenvalue weighted by Gasteiger charge is 2.17. The SMILES string of the molecule is CCCC(NC(=O)c1ccc(Br)c(O)c1)/C(N)=N/O. The minimum absolute atomic E-state index is 0.0245. The Balaban J connectivity index is 2.84. The Kier molecular flexibility index (Phi) is 5.62. The van der Waals surface area contributed by atoms with Gasteiger partial charge in [-0.3, -0.25) is 4.79 Å². The number of carbonyl (C=O) groups is 1. The zero-order chi connectivity index (χ0) is 14.4. The molecule has 0 fully saturated rings. The van der Waals surface area contributed by atoms with Crippen LogP contribution in [0.4, 0.5) is 0 Å². The van der Waals surface area contributed by atoms with Crippen LogP contribution >= 0.6 is 15.9 Å². The Bertz CT molecular complexity index is 491. The molecular weight excluding hydrogens is 314 g/mol. The van der Waals surface area contributed by atoms with Crippen LogP contribution in [0.1, 0.15) is 30.1 Å². The average molecular weight is 330 g/mol. The van der Waals surface area contributed by atoms with Crippen LogP contribution in [0.3, 0.4) is 0 Å². The van der Waals surface area contributed by atoms with Gasteiger partial charge in [0.2, 0.25) is 0 Å². The molecule has 0 aliphatic rings. The van der Waals surface area contributed by atoms with Crippen LogP contribution in [-0.2, 0) is 0 Å². The van der Waals surface area contributed by atoms with Gasteiger partial charge in [-0.05, 0) is 40.5 Å². The zero-order valence-corrected chi connectivity index (χ0v) is 12.0. The van der Waals surface area contributed by atoms with Crippen molar-refractivity contribution in [1.82, 2.24) is 5.32 Å². The monoisotopic (exact) mass is 329 g/mol. The molecule has 1 unspecified atom stereocenters. The van der Waals surface area contributed by atoms with Crippen molar-refractivity contribution >= 4 is 27.7 Å². The van der Waals surface area contributed by atoms with E-state index in [1.54, 1.807) is 12.1 Å². The van der Waals surface area contributed by atoms with Gasteiger partial charge in [-0.15, -0.1) is 0 Å². The van der Waals surface area contributed by atoms with Crippen LogP contribution in [0.5, 0.6) is 5.75 Å². The van der Waals surface area contributed by atoms with Crippen molar-refractivity contribution in [1.29, 1.82) is 0 Å². The number of amidine groups is 1. The summed E-state index contributed by atoms with van der Waals surface area (Å²) in [4.78, 5) is 12.0. The summed E-state index contributed by atoms with van der Waals surface area (Å²) in [7, 11) is 0. The summed E-state index contributed by atoms with van der Waals surface area (Å²) >= 11 is 3.13. The fourth-order valence-corrected chi connectivity index (χ4v) is 1.79. The molecule has 0 aliphatic carbocycles. The number of nitrogens with zero attached hydrogens (tertiary/aromatic N) is 1. The minimum atomic E-state index is -0.534. The average Bonchev–Trinajstić information content (AvgIpc) is 2.40. The number of carbonyl (C=O) groups excluding carboxylic acids is 1. The number of nitrogens with two attached hydrogens (primary N) is 1. The molecule has 0 saturated carbocycles. The van der Waals surface area contributed by atoms with Crippen LogP contribution in [0, 0.1) is 0 Å². The smallest absolute Gasteiger partial charge is 0.252 e. The number of phenolic OH excluding ortho intramolecular Hbond substituents is 1. The summed E-state index contributed by atoms with van der Waals surface area (Å²) in [6.07, 6.45) is 1.33. The molecule has 0 saturated heterocycles. The largest absolute Gasteiger partial charge is 0.507 e. The third-order valence-electron chi connectivity index (χ3n) is 2.56. The maximum absolute atomic E-state index is 12.0. The van der Waals surface area contributed by atoms with E-state index in [0.717, 1.165) is 6.42 Å². The molecule has 104 valence electrons. The topological polar surface area (TPSA) is 108 Å².